The number of piperazine rings is 1. The third kappa shape index (κ3) is 6.53. The Morgan fingerprint density at radius 3 is 1.86 bits per heavy atom. The number of hydrogen-bond acceptors (Lipinski definition) is 8. The quantitative estimate of drug-likeness (QED) is 0.149. The summed E-state index contributed by atoms with van der Waals surface area (Å²) in [6, 6.07) is 0. The summed E-state index contributed by atoms with van der Waals surface area (Å²) in [6.45, 7) is -1.66. The van der Waals surface area contributed by atoms with E-state index in [9.17, 15) is 66.5 Å². The van der Waals surface area contributed by atoms with Crippen LogP contribution in [0.1, 0.15) is 6.42 Å². The zero-order valence-corrected chi connectivity index (χ0v) is 17.8. The molecule has 0 aromatic heterocycles. The second-order valence-corrected chi connectivity index (χ2v) is 8.22. The normalized spacial score (nSPS) is 18.1. The fourth-order valence-electron chi connectivity index (χ4n) is 2.43. The van der Waals surface area contributed by atoms with Gasteiger partial charge in [0.2, 0.25) is 0 Å². The number of carbonyl (C=O) groups is 2. The van der Waals surface area contributed by atoms with Gasteiger partial charge >= 0.3 is 41.2 Å². The smallest absolute Gasteiger partial charge is 0.466 e. The largest absolute Gasteiger partial charge is 0.743 e. The van der Waals surface area contributed by atoms with Crippen molar-refractivity contribution >= 4 is 22.0 Å². The van der Waals surface area contributed by atoms with Crippen LogP contribution in [0.15, 0.2) is 12.2 Å². The Bertz CT molecular complexity index is 929. The van der Waals surface area contributed by atoms with Crippen LogP contribution in [0.3, 0.4) is 0 Å². The molecule has 1 fully saturated rings. The summed E-state index contributed by atoms with van der Waals surface area (Å²) in [5.41, 5.74) is -2.57. The molecule has 0 aromatic rings. The number of nitrogens with one attached hydrogen (secondary N) is 1. The molecule has 1 amide bonds. The van der Waals surface area contributed by atoms with Crippen molar-refractivity contribution in [3.8, 4) is 0 Å². The van der Waals surface area contributed by atoms with E-state index in [1.165, 1.54) is 0 Å². The molecule has 0 bridgehead atoms. The first-order valence-electron chi connectivity index (χ1n) is 8.92. The van der Waals surface area contributed by atoms with Gasteiger partial charge in [-0.3, -0.25) is 4.79 Å². The Kier molecular flexibility index (Phi) is 8.86. The lowest BCUT2D eigenvalue weighted by Gasteiger charge is -2.39. The summed E-state index contributed by atoms with van der Waals surface area (Å²) < 4.78 is 172. The van der Waals surface area contributed by atoms with Crippen molar-refractivity contribution in [2.75, 3.05) is 32.8 Å². The molecule has 0 aliphatic carbocycles. The van der Waals surface area contributed by atoms with Crippen LogP contribution in [0, 0.1) is 0 Å². The van der Waals surface area contributed by atoms with Crippen LogP contribution < -0.4 is 5.32 Å². The zero-order chi connectivity index (χ0) is 27.7. The molecule has 1 unspecified atom stereocenters. The summed E-state index contributed by atoms with van der Waals surface area (Å²) in [7, 11) is -7.05. The van der Waals surface area contributed by atoms with Gasteiger partial charge in [-0.05, 0) is 0 Å². The monoisotopic (exact) mass is 557 g/mol. The van der Waals surface area contributed by atoms with E-state index >= 15 is 0 Å². The standard InChI is InChI=1S/C15H16F10N2O7S/c1-8(13(18,19)20)9(28)34-12(14(21,22)23,10(29)27-5-3-26-4-6-27)33-7-2-11(16,17)15(24,25)35(30,31)32/h26H,1-7H2,(H,30,31,32)/p-1. The highest BCUT2D eigenvalue weighted by Gasteiger charge is 2.69. The molecule has 1 rings (SSSR count). The van der Waals surface area contributed by atoms with Crippen LogP contribution in [-0.2, 0) is 29.2 Å². The van der Waals surface area contributed by atoms with Gasteiger partial charge in [-0.1, -0.05) is 6.58 Å². The van der Waals surface area contributed by atoms with E-state index in [-0.39, 0.29) is 18.0 Å². The maximum Gasteiger partial charge on any atom is 0.466 e. The lowest BCUT2D eigenvalue weighted by molar-refractivity contribution is -0.353. The number of ether oxygens (including phenoxy) is 2. The van der Waals surface area contributed by atoms with Crippen LogP contribution in [0.5, 0.6) is 0 Å². The minimum absolute atomic E-state index is 0.172. The molecule has 35 heavy (non-hydrogen) atoms. The maximum absolute atomic E-state index is 13.9. The summed E-state index contributed by atoms with van der Waals surface area (Å²) in [6.07, 6.45) is -14.6. The Balaban J connectivity index is 3.42. The topological polar surface area (TPSA) is 125 Å². The number of rotatable bonds is 9. The fourth-order valence-corrected chi connectivity index (χ4v) is 2.90. The van der Waals surface area contributed by atoms with Crippen molar-refractivity contribution in [2.24, 2.45) is 0 Å². The second kappa shape index (κ2) is 10.1. The molecular formula is C15H15F10N2O7S-. The van der Waals surface area contributed by atoms with Crippen molar-refractivity contribution in [1.82, 2.24) is 10.2 Å². The Hall–Kier alpha value is -2.19. The molecule has 20 heteroatoms. The third-order valence-corrected chi connectivity index (χ3v) is 5.27. The molecule has 0 aromatic carbocycles. The van der Waals surface area contributed by atoms with Gasteiger partial charge in [-0.25, -0.2) is 13.2 Å². The van der Waals surface area contributed by atoms with Crippen LogP contribution in [0.2, 0.25) is 0 Å². The number of nitrogens with zero attached hydrogens (tertiary/aromatic N) is 1. The molecule has 0 saturated carbocycles. The fraction of sp³-hybridized carbons (Fsp3) is 0.733. The molecule has 1 aliphatic rings. The minimum Gasteiger partial charge on any atom is -0.743 e. The van der Waals surface area contributed by atoms with Gasteiger partial charge in [0, 0.05) is 32.6 Å². The van der Waals surface area contributed by atoms with Crippen molar-refractivity contribution in [3.63, 3.8) is 0 Å². The first-order valence-corrected chi connectivity index (χ1v) is 10.3. The Morgan fingerprint density at radius 1 is 0.971 bits per heavy atom. The average Bonchev–Trinajstić information content (AvgIpc) is 2.69. The SMILES string of the molecule is C=C(C(=O)OC(OCCC(F)(F)C(F)(F)S(=O)(=O)[O-])(C(=O)N1CCNCC1)C(F)(F)F)C(F)(F)F. The van der Waals surface area contributed by atoms with Crippen molar-refractivity contribution in [3.05, 3.63) is 12.2 Å². The maximum atomic E-state index is 13.9. The second-order valence-electron chi connectivity index (χ2n) is 6.80. The summed E-state index contributed by atoms with van der Waals surface area (Å²) in [4.78, 5) is 24.5. The van der Waals surface area contributed by atoms with E-state index in [0.29, 0.717) is 0 Å². The van der Waals surface area contributed by atoms with Crippen LogP contribution in [-0.4, -0.2) is 91.8 Å². The number of carbonyl (C=O) groups excluding carboxylic acids is 2. The minimum atomic E-state index is -7.05. The van der Waals surface area contributed by atoms with Gasteiger partial charge in [-0.2, -0.15) is 43.9 Å². The molecule has 1 heterocycles. The van der Waals surface area contributed by atoms with E-state index in [4.69, 9.17) is 0 Å². The Morgan fingerprint density at radius 2 is 1.46 bits per heavy atom. The van der Waals surface area contributed by atoms with Gasteiger partial charge in [0.25, 0.3) is 0 Å². The van der Waals surface area contributed by atoms with E-state index in [1.54, 1.807) is 0 Å². The molecule has 1 aliphatic heterocycles. The highest BCUT2D eigenvalue weighted by Crippen LogP contribution is 2.43. The van der Waals surface area contributed by atoms with E-state index < -0.39 is 83.0 Å². The number of esters is 1. The van der Waals surface area contributed by atoms with Crippen LogP contribution in [0.4, 0.5) is 43.9 Å². The molecule has 1 N–H and O–H groups in total. The van der Waals surface area contributed by atoms with E-state index in [0.717, 1.165) is 0 Å². The number of hydrogen-bond donors (Lipinski definition) is 1. The predicted molar refractivity (Wildman–Crippen MR) is 89.7 cm³/mol. The van der Waals surface area contributed by atoms with E-state index in [2.05, 4.69) is 21.4 Å². The van der Waals surface area contributed by atoms with Crippen molar-refractivity contribution < 1.29 is 75.9 Å². The molecular weight excluding hydrogens is 542 g/mol. The number of alkyl halides is 10. The average molecular weight is 557 g/mol. The molecule has 9 nitrogen and oxygen atoms in total. The molecule has 1 saturated heterocycles. The summed E-state index contributed by atoms with van der Waals surface area (Å²) in [5, 5.41) is -3.78. The lowest BCUT2D eigenvalue weighted by atomic mass is 10.1. The van der Waals surface area contributed by atoms with Crippen LogP contribution in [0.25, 0.3) is 0 Å². The molecule has 204 valence electrons. The lowest BCUT2D eigenvalue weighted by Crippen LogP contribution is -2.64. The van der Waals surface area contributed by atoms with Gasteiger partial charge in [-0.15, -0.1) is 0 Å². The summed E-state index contributed by atoms with van der Waals surface area (Å²) in [5.74, 6) is -16.3. The van der Waals surface area contributed by atoms with Gasteiger partial charge < -0.3 is 24.2 Å². The number of amides is 1. The first kappa shape index (κ1) is 30.8. The van der Waals surface area contributed by atoms with Crippen LogP contribution >= 0.6 is 0 Å². The third-order valence-electron chi connectivity index (χ3n) is 4.35. The van der Waals surface area contributed by atoms with E-state index in [1.807, 2.05) is 0 Å². The van der Waals surface area contributed by atoms with Gasteiger partial charge in [0.15, 0.2) is 10.1 Å². The summed E-state index contributed by atoms with van der Waals surface area (Å²) >= 11 is 0. The molecule has 1 atom stereocenters. The highest BCUT2D eigenvalue weighted by atomic mass is 32.2. The Labute approximate surface area is 189 Å². The first-order chi connectivity index (χ1) is 15.5. The van der Waals surface area contributed by atoms with Crippen molar-refractivity contribution in [1.29, 1.82) is 0 Å². The number of halogens is 10. The predicted octanol–water partition coefficient (Wildman–Crippen LogP) is 1.52. The highest BCUT2D eigenvalue weighted by molar-refractivity contribution is 7.86. The van der Waals surface area contributed by atoms with Crippen molar-refractivity contribution in [2.45, 2.75) is 35.7 Å². The molecule has 0 spiro atoms. The van der Waals surface area contributed by atoms with Gasteiger partial charge in [0.1, 0.15) is 5.57 Å². The molecule has 0 radical (unpaired) electrons. The zero-order valence-electron chi connectivity index (χ0n) is 16.9. The van der Waals surface area contributed by atoms with Gasteiger partial charge in [0.05, 0.1) is 6.61 Å².